The Morgan fingerprint density at radius 2 is 1.76 bits per heavy atom. The molecule has 0 aliphatic carbocycles. The molecule has 2 aromatic heterocycles. The molecule has 1 N–H and O–H groups in total. The van der Waals surface area contributed by atoms with Gasteiger partial charge in [0.15, 0.2) is 11.4 Å². The first-order chi connectivity index (χ1) is 11.6. The Morgan fingerprint density at radius 3 is 2.44 bits per heavy atom. The van der Waals surface area contributed by atoms with Crippen molar-refractivity contribution in [2.75, 3.05) is 20.1 Å². The summed E-state index contributed by atoms with van der Waals surface area (Å²) in [7, 11) is 2.03. The summed E-state index contributed by atoms with van der Waals surface area (Å²) in [6.45, 7) is 1.73. The third-order valence-electron chi connectivity index (χ3n) is 4.99. The number of rotatable bonds is 2. The predicted octanol–water partition coefficient (Wildman–Crippen LogP) is -0.174. The molecular formula is C19H20ClN3O2. The van der Waals surface area contributed by atoms with Gasteiger partial charge in [0.25, 0.3) is 0 Å². The average Bonchev–Trinajstić information content (AvgIpc) is 3.03. The minimum absolute atomic E-state index is 0. The molecule has 1 aliphatic heterocycles. The zero-order chi connectivity index (χ0) is 16.7. The van der Waals surface area contributed by atoms with Crippen molar-refractivity contribution in [3.8, 4) is 11.4 Å². The molecule has 1 aliphatic rings. The molecule has 0 radical (unpaired) electrons. The molecule has 0 unspecified atom stereocenters. The van der Waals surface area contributed by atoms with Crippen LogP contribution >= 0.6 is 0 Å². The SMILES string of the molecule is C[N+]1(c2c(O)c3cccnc3n(-c3ccccc3)c2=O)CCCC1.[Cl-]. The molecule has 5 nitrogen and oxygen atoms in total. The van der Waals surface area contributed by atoms with Gasteiger partial charge in [-0.1, -0.05) is 18.2 Å². The summed E-state index contributed by atoms with van der Waals surface area (Å²) in [4.78, 5) is 17.7. The maximum Gasteiger partial charge on any atom is 0.322 e. The molecule has 130 valence electrons. The van der Waals surface area contributed by atoms with Gasteiger partial charge in [-0.2, -0.15) is 0 Å². The van der Waals surface area contributed by atoms with Crippen LogP contribution in [0, 0.1) is 0 Å². The smallest absolute Gasteiger partial charge is 0.322 e. The van der Waals surface area contributed by atoms with Crippen LogP contribution in [0.2, 0.25) is 0 Å². The molecule has 1 saturated heterocycles. The fourth-order valence-corrected chi connectivity index (χ4v) is 3.75. The highest BCUT2D eigenvalue weighted by atomic mass is 35.5. The van der Waals surface area contributed by atoms with Gasteiger partial charge in [0, 0.05) is 19.0 Å². The highest BCUT2D eigenvalue weighted by Crippen LogP contribution is 2.37. The van der Waals surface area contributed by atoms with Crippen LogP contribution in [0.1, 0.15) is 12.8 Å². The Kier molecular flexibility index (Phi) is 4.54. The molecule has 25 heavy (non-hydrogen) atoms. The maximum atomic E-state index is 13.3. The van der Waals surface area contributed by atoms with Crippen LogP contribution in [0.25, 0.3) is 16.7 Å². The van der Waals surface area contributed by atoms with Crippen LogP contribution < -0.4 is 22.4 Å². The van der Waals surface area contributed by atoms with Crippen molar-refractivity contribution >= 4 is 16.7 Å². The lowest BCUT2D eigenvalue weighted by molar-refractivity contribution is -0.00000603. The van der Waals surface area contributed by atoms with Gasteiger partial charge in [-0.15, -0.1) is 0 Å². The van der Waals surface area contributed by atoms with Crippen molar-refractivity contribution in [3.05, 3.63) is 59.0 Å². The Bertz CT molecular complexity index is 964. The number of nitrogens with zero attached hydrogens (tertiary/aromatic N) is 3. The zero-order valence-electron chi connectivity index (χ0n) is 14.0. The largest absolute Gasteiger partial charge is 1.00 e. The molecule has 4 rings (SSSR count). The van der Waals surface area contributed by atoms with E-state index in [2.05, 4.69) is 4.98 Å². The standard InChI is InChI=1S/C19H19N3O2.ClH/c1-22(12-5-6-13-22)16-17(23)15-10-7-11-20-18(15)21(19(16)24)14-8-3-2-4-9-14;/h2-4,7-11H,5-6,12-13H2,1H3;1H. The lowest BCUT2D eigenvalue weighted by atomic mass is 10.2. The van der Waals surface area contributed by atoms with Crippen molar-refractivity contribution in [2.45, 2.75) is 12.8 Å². The van der Waals surface area contributed by atoms with Crippen LogP contribution in [-0.4, -0.2) is 34.8 Å². The molecule has 0 bridgehead atoms. The van der Waals surface area contributed by atoms with E-state index < -0.39 is 0 Å². The third kappa shape index (κ3) is 2.69. The summed E-state index contributed by atoms with van der Waals surface area (Å²) >= 11 is 0. The van der Waals surface area contributed by atoms with Gasteiger partial charge in [-0.25, -0.2) is 4.98 Å². The number of likely N-dealkylation sites (tertiary alicyclic amines) is 1. The van der Waals surface area contributed by atoms with Gasteiger partial charge in [0.05, 0.1) is 31.2 Å². The first-order valence-electron chi connectivity index (χ1n) is 8.25. The number of hydrogen-bond donors (Lipinski definition) is 1. The fraction of sp³-hybridized carbons (Fsp3) is 0.263. The van der Waals surface area contributed by atoms with Gasteiger partial charge in [0.2, 0.25) is 5.69 Å². The summed E-state index contributed by atoms with van der Waals surface area (Å²) in [5, 5.41) is 11.5. The summed E-state index contributed by atoms with van der Waals surface area (Å²) in [5.74, 6) is 0.0691. The van der Waals surface area contributed by atoms with E-state index in [0.29, 0.717) is 21.2 Å². The number of aromatic hydroxyl groups is 1. The van der Waals surface area contributed by atoms with E-state index in [-0.39, 0.29) is 23.7 Å². The van der Waals surface area contributed by atoms with E-state index in [4.69, 9.17) is 0 Å². The quantitative estimate of drug-likeness (QED) is 0.648. The second-order valence-electron chi connectivity index (χ2n) is 6.60. The number of quaternary nitrogens is 1. The van der Waals surface area contributed by atoms with E-state index in [0.717, 1.165) is 31.6 Å². The van der Waals surface area contributed by atoms with Crippen LogP contribution in [0.4, 0.5) is 5.69 Å². The van der Waals surface area contributed by atoms with Gasteiger partial charge in [-0.05, 0) is 24.3 Å². The minimum atomic E-state index is -0.186. The van der Waals surface area contributed by atoms with E-state index in [1.165, 1.54) is 0 Å². The average molecular weight is 358 g/mol. The van der Waals surface area contributed by atoms with Crippen molar-refractivity contribution in [1.82, 2.24) is 14.0 Å². The van der Waals surface area contributed by atoms with Gasteiger partial charge in [0.1, 0.15) is 0 Å². The molecular weight excluding hydrogens is 338 g/mol. The molecule has 0 atom stereocenters. The van der Waals surface area contributed by atoms with Crippen LogP contribution in [0.15, 0.2) is 53.5 Å². The van der Waals surface area contributed by atoms with Gasteiger partial charge < -0.3 is 17.5 Å². The number of pyridine rings is 2. The number of para-hydroxylation sites is 1. The molecule has 0 amide bonds. The van der Waals surface area contributed by atoms with E-state index in [1.807, 2.05) is 43.4 Å². The molecule has 1 aromatic carbocycles. The van der Waals surface area contributed by atoms with Crippen LogP contribution in [0.3, 0.4) is 0 Å². The number of halogens is 1. The highest BCUT2D eigenvalue weighted by Gasteiger charge is 2.37. The second kappa shape index (κ2) is 6.50. The Morgan fingerprint density at radius 1 is 1.08 bits per heavy atom. The lowest BCUT2D eigenvalue weighted by Gasteiger charge is -2.29. The molecule has 3 heterocycles. The van der Waals surface area contributed by atoms with Gasteiger partial charge in [-0.3, -0.25) is 13.8 Å². The summed E-state index contributed by atoms with van der Waals surface area (Å²) in [6, 6.07) is 13.1. The highest BCUT2D eigenvalue weighted by molar-refractivity contribution is 5.88. The zero-order valence-corrected chi connectivity index (χ0v) is 14.8. The topological polar surface area (TPSA) is 55.1 Å². The van der Waals surface area contributed by atoms with Crippen molar-refractivity contribution in [1.29, 1.82) is 0 Å². The normalized spacial score (nSPS) is 15.9. The van der Waals surface area contributed by atoms with E-state index in [9.17, 15) is 9.90 Å². The number of fused-ring (bicyclic) bond motifs is 1. The Hall–Kier alpha value is -2.37. The van der Waals surface area contributed by atoms with Gasteiger partial charge >= 0.3 is 5.56 Å². The number of aromatic nitrogens is 2. The fourth-order valence-electron chi connectivity index (χ4n) is 3.75. The van der Waals surface area contributed by atoms with Crippen LogP contribution in [-0.2, 0) is 0 Å². The Labute approximate surface area is 152 Å². The number of benzene rings is 1. The molecule has 6 heteroatoms. The monoisotopic (exact) mass is 357 g/mol. The first kappa shape index (κ1) is 17.5. The minimum Gasteiger partial charge on any atom is -1.00 e. The molecule has 1 fully saturated rings. The van der Waals surface area contributed by atoms with E-state index >= 15 is 0 Å². The van der Waals surface area contributed by atoms with Crippen LogP contribution in [0.5, 0.6) is 5.75 Å². The number of hydrogen-bond acceptors (Lipinski definition) is 3. The first-order valence-corrected chi connectivity index (χ1v) is 8.25. The van der Waals surface area contributed by atoms with Crippen molar-refractivity contribution < 1.29 is 17.5 Å². The van der Waals surface area contributed by atoms with Crippen molar-refractivity contribution in [3.63, 3.8) is 0 Å². The maximum absolute atomic E-state index is 13.3. The predicted molar refractivity (Wildman–Crippen MR) is 95.7 cm³/mol. The lowest BCUT2D eigenvalue weighted by Crippen LogP contribution is -3.00. The summed E-state index contributed by atoms with van der Waals surface area (Å²) in [5.41, 5.74) is 1.53. The second-order valence-corrected chi connectivity index (χ2v) is 6.60. The van der Waals surface area contributed by atoms with E-state index in [1.54, 1.807) is 16.8 Å². The van der Waals surface area contributed by atoms with Crippen molar-refractivity contribution in [2.24, 2.45) is 0 Å². The molecule has 0 spiro atoms. The summed E-state index contributed by atoms with van der Waals surface area (Å²) < 4.78 is 2.09. The third-order valence-corrected chi connectivity index (χ3v) is 4.99. The Balaban J connectivity index is 0.00000182. The molecule has 3 aromatic rings. The molecule has 0 saturated carbocycles. The summed E-state index contributed by atoms with van der Waals surface area (Å²) in [6.07, 6.45) is 3.77.